The molecule has 0 unspecified atom stereocenters. The maximum absolute atomic E-state index is 12.4. The first-order valence-electron chi connectivity index (χ1n) is 6.75. The standard InChI is InChI=1S/C15H18N2O2/c18-10-11-4-7-17(8-5-11)15(19)13-1-2-14-12(9-13)3-6-16-14/h1-3,6,9,11,16,18H,4-5,7-8,10H2. The first-order valence-corrected chi connectivity index (χ1v) is 6.75. The third-order valence-corrected chi connectivity index (χ3v) is 3.96. The van der Waals surface area contributed by atoms with Crippen LogP contribution in [0.3, 0.4) is 0 Å². The Morgan fingerprint density at radius 2 is 2.11 bits per heavy atom. The van der Waals surface area contributed by atoms with Crippen molar-refractivity contribution in [1.82, 2.24) is 9.88 Å². The SMILES string of the molecule is O=C(c1ccc2[nH]ccc2c1)N1CCC(CO)CC1. The molecule has 19 heavy (non-hydrogen) atoms. The minimum atomic E-state index is 0.0967. The van der Waals surface area contributed by atoms with Crippen molar-refractivity contribution in [2.75, 3.05) is 19.7 Å². The van der Waals surface area contributed by atoms with Crippen molar-refractivity contribution in [1.29, 1.82) is 0 Å². The van der Waals surface area contributed by atoms with Crippen LogP contribution in [0.15, 0.2) is 30.5 Å². The fourth-order valence-corrected chi connectivity index (χ4v) is 2.69. The topological polar surface area (TPSA) is 56.3 Å². The van der Waals surface area contributed by atoms with Crippen LogP contribution in [-0.4, -0.2) is 40.6 Å². The highest BCUT2D eigenvalue weighted by molar-refractivity contribution is 5.98. The Morgan fingerprint density at radius 3 is 2.84 bits per heavy atom. The number of aromatic nitrogens is 1. The fourth-order valence-electron chi connectivity index (χ4n) is 2.69. The van der Waals surface area contributed by atoms with Gasteiger partial charge < -0.3 is 15.0 Å². The van der Waals surface area contributed by atoms with Crippen molar-refractivity contribution < 1.29 is 9.90 Å². The van der Waals surface area contributed by atoms with Gasteiger partial charge in [-0.2, -0.15) is 0 Å². The number of nitrogens with one attached hydrogen (secondary N) is 1. The van der Waals surface area contributed by atoms with E-state index in [1.807, 2.05) is 35.4 Å². The number of piperidine rings is 1. The molecule has 1 fully saturated rings. The van der Waals surface area contributed by atoms with Crippen LogP contribution in [-0.2, 0) is 0 Å². The molecule has 1 aliphatic rings. The fraction of sp³-hybridized carbons (Fsp3) is 0.400. The average molecular weight is 258 g/mol. The number of aliphatic hydroxyl groups excluding tert-OH is 1. The Labute approximate surface area is 112 Å². The molecule has 1 aromatic carbocycles. The molecule has 1 aliphatic heterocycles. The number of carbonyl (C=O) groups is 1. The van der Waals surface area contributed by atoms with Gasteiger partial charge in [0.15, 0.2) is 0 Å². The number of H-pyrrole nitrogens is 1. The number of aromatic amines is 1. The van der Waals surface area contributed by atoms with Crippen LogP contribution >= 0.6 is 0 Å². The number of amides is 1. The van der Waals surface area contributed by atoms with Gasteiger partial charge in [0.05, 0.1) is 0 Å². The van der Waals surface area contributed by atoms with Crippen molar-refractivity contribution >= 4 is 16.8 Å². The van der Waals surface area contributed by atoms with Gasteiger partial charge in [-0.05, 0) is 43.0 Å². The lowest BCUT2D eigenvalue weighted by atomic mass is 9.97. The summed E-state index contributed by atoms with van der Waals surface area (Å²) in [7, 11) is 0. The number of hydrogen-bond acceptors (Lipinski definition) is 2. The lowest BCUT2D eigenvalue weighted by molar-refractivity contribution is 0.0651. The van der Waals surface area contributed by atoms with Gasteiger partial charge in [0, 0.05) is 42.4 Å². The van der Waals surface area contributed by atoms with Crippen LogP contribution in [0.4, 0.5) is 0 Å². The van der Waals surface area contributed by atoms with E-state index in [1.165, 1.54) is 0 Å². The van der Waals surface area contributed by atoms with Crippen LogP contribution < -0.4 is 0 Å². The quantitative estimate of drug-likeness (QED) is 0.865. The Kier molecular flexibility index (Phi) is 3.25. The molecule has 2 heterocycles. The highest BCUT2D eigenvalue weighted by atomic mass is 16.3. The number of nitrogens with zero attached hydrogens (tertiary/aromatic N) is 1. The molecule has 2 aromatic rings. The van der Waals surface area contributed by atoms with Gasteiger partial charge in [-0.3, -0.25) is 4.79 Å². The summed E-state index contributed by atoms with van der Waals surface area (Å²) in [6.45, 7) is 1.72. The molecule has 1 aromatic heterocycles. The predicted octanol–water partition coefficient (Wildman–Crippen LogP) is 2.01. The summed E-state index contributed by atoms with van der Waals surface area (Å²) in [5.41, 5.74) is 1.80. The molecule has 4 heteroatoms. The molecule has 0 saturated carbocycles. The van der Waals surface area contributed by atoms with Crippen LogP contribution in [0.5, 0.6) is 0 Å². The van der Waals surface area contributed by atoms with E-state index in [9.17, 15) is 4.79 Å². The number of rotatable bonds is 2. The zero-order chi connectivity index (χ0) is 13.2. The average Bonchev–Trinajstić information content (AvgIpc) is 2.94. The number of fused-ring (bicyclic) bond motifs is 1. The molecule has 0 radical (unpaired) electrons. The molecule has 3 rings (SSSR count). The molecule has 0 spiro atoms. The van der Waals surface area contributed by atoms with Gasteiger partial charge >= 0.3 is 0 Å². The van der Waals surface area contributed by atoms with Crippen molar-refractivity contribution in [3.8, 4) is 0 Å². The van der Waals surface area contributed by atoms with Crippen molar-refractivity contribution in [3.05, 3.63) is 36.0 Å². The second kappa shape index (κ2) is 5.05. The third-order valence-electron chi connectivity index (χ3n) is 3.96. The van der Waals surface area contributed by atoms with Gasteiger partial charge in [-0.1, -0.05) is 0 Å². The minimum absolute atomic E-state index is 0.0967. The van der Waals surface area contributed by atoms with E-state index in [1.54, 1.807) is 0 Å². The van der Waals surface area contributed by atoms with E-state index in [4.69, 9.17) is 5.11 Å². The molecule has 0 atom stereocenters. The van der Waals surface area contributed by atoms with Gasteiger partial charge in [0.1, 0.15) is 0 Å². The summed E-state index contributed by atoms with van der Waals surface area (Å²) < 4.78 is 0. The number of aliphatic hydroxyl groups is 1. The maximum Gasteiger partial charge on any atom is 0.253 e. The lowest BCUT2D eigenvalue weighted by Crippen LogP contribution is -2.39. The van der Waals surface area contributed by atoms with Crippen molar-refractivity contribution in [3.63, 3.8) is 0 Å². The van der Waals surface area contributed by atoms with E-state index in [-0.39, 0.29) is 12.5 Å². The molecule has 100 valence electrons. The molecule has 4 nitrogen and oxygen atoms in total. The highest BCUT2D eigenvalue weighted by Gasteiger charge is 2.23. The summed E-state index contributed by atoms with van der Waals surface area (Å²) in [5.74, 6) is 0.454. The zero-order valence-electron chi connectivity index (χ0n) is 10.8. The first-order chi connectivity index (χ1) is 9.28. The largest absolute Gasteiger partial charge is 0.396 e. The molecule has 2 N–H and O–H groups in total. The summed E-state index contributed by atoms with van der Waals surface area (Å²) in [4.78, 5) is 17.4. The molecule has 1 amide bonds. The minimum Gasteiger partial charge on any atom is -0.396 e. The van der Waals surface area contributed by atoms with Crippen LogP contribution in [0.1, 0.15) is 23.2 Å². The Balaban J connectivity index is 1.76. The number of likely N-dealkylation sites (tertiary alicyclic amines) is 1. The Morgan fingerprint density at radius 1 is 1.32 bits per heavy atom. The number of hydrogen-bond donors (Lipinski definition) is 2. The van der Waals surface area contributed by atoms with E-state index < -0.39 is 0 Å². The summed E-state index contributed by atoms with van der Waals surface area (Å²) in [6, 6.07) is 7.73. The maximum atomic E-state index is 12.4. The molecule has 1 saturated heterocycles. The second-order valence-corrected chi connectivity index (χ2v) is 5.20. The van der Waals surface area contributed by atoms with Gasteiger partial charge in [0.25, 0.3) is 5.91 Å². The van der Waals surface area contributed by atoms with E-state index in [0.29, 0.717) is 5.92 Å². The molecule has 0 bridgehead atoms. The monoisotopic (exact) mass is 258 g/mol. The third kappa shape index (κ3) is 2.36. The second-order valence-electron chi connectivity index (χ2n) is 5.20. The summed E-state index contributed by atoms with van der Waals surface area (Å²) >= 11 is 0. The van der Waals surface area contributed by atoms with Gasteiger partial charge in [-0.15, -0.1) is 0 Å². The molecular weight excluding hydrogens is 240 g/mol. The highest BCUT2D eigenvalue weighted by Crippen LogP contribution is 2.20. The first kappa shape index (κ1) is 12.2. The van der Waals surface area contributed by atoms with Crippen molar-refractivity contribution in [2.24, 2.45) is 5.92 Å². The van der Waals surface area contributed by atoms with Gasteiger partial charge in [-0.25, -0.2) is 0 Å². The number of benzene rings is 1. The van der Waals surface area contributed by atoms with E-state index in [2.05, 4.69) is 4.98 Å². The zero-order valence-corrected chi connectivity index (χ0v) is 10.8. The van der Waals surface area contributed by atoms with Crippen molar-refractivity contribution in [2.45, 2.75) is 12.8 Å². The van der Waals surface area contributed by atoms with E-state index >= 15 is 0 Å². The smallest absolute Gasteiger partial charge is 0.253 e. The van der Waals surface area contributed by atoms with Crippen LogP contribution in [0, 0.1) is 5.92 Å². The Bertz CT molecular complexity index is 583. The summed E-state index contributed by atoms with van der Waals surface area (Å²) in [5, 5.41) is 10.2. The summed E-state index contributed by atoms with van der Waals surface area (Å²) in [6.07, 6.45) is 3.68. The Hall–Kier alpha value is -1.81. The van der Waals surface area contributed by atoms with Crippen LogP contribution in [0.2, 0.25) is 0 Å². The molecule has 0 aliphatic carbocycles. The number of carbonyl (C=O) groups excluding carboxylic acids is 1. The normalized spacial score (nSPS) is 17.0. The van der Waals surface area contributed by atoms with E-state index in [0.717, 1.165) is 42.4 Å². The lowest BCUT2D eigenvalue weighted by Gasteiger charge is -2.31. The van der Waals surface area contributed by atoms with Crippen LogP contribution in [0.25, 0.3) is 10.9 Å². The molecular formula is C15H18N2O2. The van der Waals surface area contributed by atoms with Gasteiger partial charge in [0.2, 0.25) is 0 Å². The predicted molar refractivity (Wildman–Crippen MR) is 74.0 cm³/mol.